The summed E-state index contributed by atoms with van der Waals surface area (Å²) in [6.45, 7) is 3.78. The molecule has 2 aromatic carbocycles. The predicted octanol–water partition coefficient (Wildman–Crippen LogP) is 6.13. The Kier molecular flexibility index (Phi) is 13.0. The van der Waals surface area contributed by atoms with E-state index in [4.69, 9.17) is 0 Å². The smallest absolute Gasteiger partial charge is 0.320 e. The van der Waals surface area contributed by atoms with Crippen molar-refractivity contribution in [1.82, 2.24) is 15.3 Å². The van der Waals surface area contributed by atoms with Crippen LogP contribution in [-0.4, -0.2) is 73.3 Å². The number of aromatic nitrogens is 2. The predicted molar refractivity (Wildman–Crippen MR) is 211 cm³/mol. The summed E-state index contributed by atoms with van der Waals surface area (Å²) in [5.74, 6) is -2.43. The number of hydrogen-bond donors (Lipinski definition) is 6. The molecule has 0 bridgehead atoms. The second-order valence-electron chi connectivity index (χ2n) is 15.1. The summed E-state index contributed by atoms with van der Waals surface area (Å²) in [6, 6.07) is 14.4. The van der Waals surface area contributed by atoms with Crippen molar-refractivity contribution in [3.63, 3.8) is 0 Å². The third-order valence-corrected chi connectivity index (χ3v) is 11.1. The lowest BCUT2D eigenvalue weighted by Gasteiger charge is -2.17. The van der Waals surface area contributed by atoms with Crippen molar-refractivity contribution < 1.29 is 39.6 Å². The molecule has 2 heterocycles. The average Bonchev–Trinajstić information content (AvgIpc) is 4.11. The number of amides is 1. The summed E-state index contributed by atoms with van der Waals surface area (Å²) in [7, 11) is 0. The van der Waals surface area contributed by atoms with E-state index in [0.717, 1.165) is 75.8 Å². The monoisotopic (exact) mass is 762 g/mol. The zero-order valence-corrected chi connectivity index (χ0v) is 31.9. The summed E-state index contributed by atoms with van der Waals surface area (Å²) in [4.78, 5) is 59.4. The molecule has 2 atom stereocenters. The maximum absolute atomic E-state index is 13.7. The van der Waals surface area contributed by atoms with Crippen LogP contribution < -0.4 is 10.6 Å². The van der Waals surface area contributed by atoms with Gasteiger partial charge in [-0.1, -0.05) is 30.3 Å². The Hall–Kier alpha value is -5.30. The van der Waals surface area contributed by atoms with Crippen molar-refractivity contribution in [1.29, 1.82) is 0 Å². The van der Waals surface area contributed by atoms with Crippen LogP contribution in [0.1, 0.15) is 117 Å². The van der Waals surface area contributed by atoms with Crippen LogP contribution in [-0.2, 0) is 29.0 Å². The minimum absolute atomic E-state index is 0.0936. The van der Waals surface area contributed by atoms with E-state index in [2.05, 4.69) is 20.6 Å². The fourth-order valence-electron chi connectivity index (χ4n) is 7.41. The van der Waals surface area contributed by atoms with E-state index in [0.29, 0.717) is 36.1 Å². The average molecular weight is 763 g/mol. The maximum Gasteiger partial charge on any atom is 0.320 e. The lowest BCUT2D eigenvalue weighted by Crippen LogP contribution is -2.37. The highest BCUT2D eigenvalue weighted by atomic mass is 16.4. The number of Topliss-reactive ketones (excluding diaryl/α,β-unsaturated/α-hetero) is 1. The van der Waals surface area contributed by atoms with Crippen LogP contribution in [0.3, 0.4) is 0 Å². The molecule has 2 aliphatic carbocycles. The summed E-state index contributed by atoms with van der Waals surface area (Å²) in [6.07, 6.45) is 8.68. The van der Waals surface area contributed by atoms with Gasteiger partial charge in [-0.05, 0) is 145 Å². The highest BCUT2D eigenvalue weighted by Gasteiger charge is 2.30. The van der Waals surface area contributed by atoms with Gasteiger partial charge in [-0.2, -0.15) is 0 Å². The van der Waals surface area contributed by atoms with E-state index in [1.807, 2.05) is 62.4 Å². The van der Waals surface area contributed by atoms with Crippen molar-refractivity contribution in [2.24, 2.45) is 5.92 Å². The maximum atomic E-state index is 13.7. The molecular formula is C44H50N4O8. The SMILES string of the molecule is Cc1c(CC(=O)c2cc(C3CC3)c(CN[C@@H](CCO)C(=O)O)cn2)cccc1-c1cccc(NC(=O)c2cc(C3CC3)c(CC[C@@H](CCO)C(=O)O)cn2)c1C. The largest absolute Gasteiger partial charge is 0.481 e. The molecule has 12 nitrogen and oxygen atoms in total. The van der Waals surface area contributed by atoms with E-state index in [9.17, 15) is 39.6 Å². The molecule has 6 rings (SSSR count). The van der Waals surface area contributed by atoms with Crippen LogP contribution in [0.2, 0.25) is 0 Å². The van der Waals surface area contributed by atoms with E-state index < -0.39 is 23.9 Å². The van der Waals surface area contributed by atoms with Crippen LogP contribution in [0.15, 0.2) is 60.9 Å². The first kappa shape index (κ1) is 40.4. The van der Waals surface area contributed by atoms with Crippen molar-refractivity contribution in [2.45, 2.75) is 96.1 Å². The summed E-state index contributed by atoms with van der Waals surface area (Å²) < 4.78 is 0. The molecule has 294 valence electrons. The van der Waals surface area contributed by atoms with Gasteiger partial charge in [-0.3, -0.25) is 29.1 Å². The fraction of sp³-hybridized carbons (Fsp3) is 0.409. The van der Waals surface area contributed by atoms with Crippen LogP contribution in [0.5, 0.6) is 0 Å². The van der Waals surface area contributed by atoms with Gasteiger partial charge in [0, 0.05) is 44.3 Å². The quantitative estimate of drug-likeness (QED) is 0.0566. The molecule has 2 saturated carbocycles. The topological polar surface area (TPSA) is 199 Å². The number of carbonyl (C=O) groups is 4. The standard InChI is InChI=1S/C44H50N4O8/c1-25-30(19-41(51)39-20-36(28-11-12-28)32(24-46-39)23-45-38(16-18-50)44(55)56)5-3-6-33(25)34-7-4-8-37(26(34)2)48-42(52)40-21-35(27-9-10-27)31(22-47-40)14-13-29(15-17-49)43(53)54/h3-8,20-22,24,27-29,38,45,49-50H,9-19,23H2,1-2H3,(H,48,52)(H,53,54)(H,55,56)/t29-,38-/m0/s1. The molecule has 0 spiro atoms. The van der Waals surface area contributed by atoms with Crippen LogP contribution in [0.25, 0.3) is 11.1 Å². The zero-order valence-electron chi connectivity index (χ0n) is 31.9. The van der Waals surface area contributed by atoms with Gasteiger partial charge >= 0.3 is 11.9 Å². The highest BCUT2D eigenvalue weighted by Crippen LogP contribution is 2.43. The Balaban J connectivity index is 1.16. The number of nitrogens with zero attached hydrogens (tertiary/aromatic N) is 2. The van der Waals surface area contributed by atoms with E-state index in [1.54, 1.807) is 12.4 Å². The number of nitrogens with one attached hydrogen (secondary N) is 2. The number of benzene rings is 2. The first-order valence-corrected chi connectivity index (χ1v) is 19.4. The number of aliphatic hydroxyl groups is 2. The number of carboxylic acid groups (broad SMARTS) is 2. The van der Waals surface area contributed by atoms with Gasteiger partial charge in [-0.15, -0.1) is 0 Å². The van der Waals surface area contributed by atoms with E-state index in [1.165, 1.54) is 0 Å². The molecule has 2 fully saturated rings. The number of hydrogen-bond acceptors (Lipinski definition) is 9. The lowest BCUT2D eigenvalue weighted by atomic mass is 9.90. The van der Waals surface area contributed by atoms with Gasteiger partial charge in [0.15, 0.2) is 5.78 Å². The number of ketones is 1. The van der Waals surface area contributed by atoms with Gasteiger partial charge in [0.1, 0.15) is 17.4 Å². The number of rotatable bonds is 20. The molecule has 0 saturated heterocycles. The Labute approximate surface area is 326 Å². The second-order valence-corrected chi connectivity index (χ2v) is 15.1. The number of aliphatic carboxylic acids is 2. The number of aryl methyl sites for hydroxylation is 1. The molecular weight excluding hydrogens is 713 g/mol. The number of carbonyl (C=O) groups excluding carboxylic acids is 2. The second kappa shape index (κ2) is 18.1. The van der Waals surface area contributed by atoms with Gasteiger partial charge in [0.05, 0.1) is 5.92 Å². The molecule has 1 amide bonds. The van der Waals surface area contributed by atoms with Crippen molar-refractivity contribution in [2.75, 3.05) is 18.5 Å². The van der Waals surface area contributed by atoms with Crippen LogP contribution in [0, 0.1) is 19.8 Å². The van der Waals surface area contributed by atoms with Crippen molar-refractivity contribution in [3.8, 4) is 11.1 Å². The molecule has 6 N–H and O–H groups in total. The van der Waals surface area contributed by atoms with E-state index >= 15 is 0 Å². The highest BCUT2D eigenvalue weighted by molar-refractivity contribution is 6.04. The Morgan fingerprint density at radius 2 is 1.34 bits per heavy atom. The minimum Gasteiger partial charge on any atom is -0.481 e. The fourth-order valence-corrected chi connectivity index (χ4v) is 7.41. The number of aliphatic hydroxyl groups excluding tert-OH is 2. The first-order chi connectivity index (χ1) is 27.0. The molecule has 12 heteroatoms. The first-order valence-electron chi connectivity index (χ1n) is 19.4. The normalized spacial score (nSPS) is 14.9. The Bertz CT molecular complexity index is 1960. The molecule has 0 radical (unpaired) electrons. The van der Waals surface area contributed by atoms with E-state index in [-0.39, 0.29) is 56.4 Å². The number of anilines is 1. The molecule has 56 heavy (non-hydrogen) atoms. The third kappa shape index (κ3) is 9.73. The zero-order chi connectivity index (χ0) is 39.9. The van der Waals surface area contributed by atoms with Gasteiger partial charge < -0.3 is 31.1 Å². The molecule has 0 unspecified atom stereocenters. The molecule has 2 aromatic heterocycles. The Morgan fingerprint density at radius 1 is 0.732 bits per heavy atom. The third-order valence-electron chi connectivity index (χ3n) is 11.1. The van der Waals surface area contributed by atoms with Crippen molar-refractivity contribution in [3.05, 3.63) is 111 Å². The summed E-state index contributed by atoms with van der Waals surface area (Å²) >= 11 is 0. The Morgan fingerprint density at radius 3 is 1.98 bits per heavy atom. The molecule has 0 aliphatic heterocycles. The lowest BCUT2D eigenvalue weighted by molar-refractivity contribution is -0.142. The molecule has 4 aromatic rings. The van der Waals surface area contributed by atoms with Gasteiger partial charge in [-0.25, -0.2) is 0 Å². The minimum atomic E-state index is -1.03. The van der Waals surface area contributed by atoms with Gasteiger partial charge in [0.2, 0.25) is 0 Å². The number of pyridine rings is 2. The summed E-state index contributed by atoms with van der Waals surface area (Å²) in [5.41, 5.74) is 9.63. The molecule has 2 aliphatic rings. The van der Waals surface area contributed by atoms with Crippen molar-refractivity contribution >= 4 is 29.3 Å². The summed E-state index contributed by atoms with van der Waals surface area (Å²) in [5, 5.41) is 43.5. The van der Waals surface area contributed by atoms with Gasteiger partial charge in [0.25, 0.3) is 5.91 Å². The van der Waals surface area contributed by atoms with Crippen LogP contribution >= 0.6 is 0 Å². The van der Waals surface area contributed by atoms with Crippen LogP contribution in [0.4, 0.5) is 5.69 Å². The number of carboxylic acids is 2.